The smallest absolute Gasteiger partial charge is 0.265 e. The molecule has 3 aromatic rings. The number of hydrogen-bond acceptors (Lipinski definition) is 7. The Morgan fingerprint density at radius 3 is 2.67 bits per heavy atom. The van der Waals surface area contributed by atoms with Gasteiger partial charge in [0.25, 0.3) is 5.91 Å². The summed E-state index contributed by atoms with van der Waals surface area (Å²) in [4.78, 5) is 21.9. The zero-order valence-corrected chi connectivity index (χ0v) is 16.4. The largest absolute Gasteiger partial charge is 0.351 e. The molecule has 140 valence electrons. The SMILES string of the molecule is Cc1nc(C)c(C(=O)N(C)C2CN(c3ccc4nnc(C5CC5)n4n3)C2)s1. The summed E-state index contributed by atoms with van der Waals surface area (Å²) in [6.45, 7) is 5.38. The van der Waals surface area contributed by atoms with E-state index in [1.54, 1.807) is 0 Å². The standard InChI is InChI=1S/C18H21N7OS/c1-10-16(27-11(2)19-10)18(26)23(3)13-8-24(9-13)15-7-6-14-20-21-17(12-4-5-12)25(14)22-15/h6-7,12-13H,4-5,8-9H2,1-3H3. The maximum atomic E-state index is 12.8. The lowest BCUT2D eigenvalue weighted by Gasteiger charge is -2.44. The average molecular weight is 383 g/mol. The van der Waals surface area contributed by atoms with Gasteiger partial charge in [0.1, 0.15) is 10.7 Å². The molecule has 9 heteroatoms. The maximum Gasteiger partial charge on any atom is 0.265 e. The third kappa shape index (κ3) is 2.77. The molecule has 1 saturated carbocycles. The summed E-state index contributed by atoms with van der Waals surface area (Å²) in [7, 11) is 1.88. The second-order valence-corrected chi connectivity index (χ2v) is 8.62. The van der Waals surface area contributed by atoms with E-state index in [1.165, 1.54) is 24.2 Å². The number of aromatic nitrogens is 5. The lowest BCUT2D eigenvalue weighted by Crippen LogP contribution is -2.60. The predicted molar refractivity (Wildman–Crippen MR) is 102 cm³/mol. The molecule has 0 atom stereocenters. The van der Waals surface area contributed by atoms with Crippen LogP contribution in [0, 0.1) is 13.8 Å². The van der Waals surface area contributed by atoms with Gasteiger partial charge in [0.05, 0.1) is 16.7 Å². The maximum absolute atomic E-state index is 12.8. The van der Waals surface area contributed by atoms with Crippen molar-refractivity contribution in [2.75, 3.05) is 25.0 Å². The molecule has 0 bridgehead atoms. The molecule has 8 nitrogen and oxygen atoms in total. The van der Waals surface area contributed by atoms with Gasteiger partial charge < -0.3 is 9.80 Å². The molecule has 0 N–H and O–H groups in total. The summed E-state index contributed by atoms with van der Waals surface area (Å²) < 4.78 is 1.87. The first-order valence-corrected chi connectivity index (χ1v) is 10.0. The summed E-state index contributed by atoms with van der Waals surface area (Å²) in [5.41, 5.74) is 1.61. The Kier molecular flexibility index (Phi) is 3.68. The van der Waals surface area contributed by atoms with Crippen molar-refractivity contribution >= 4 is 28.7 Å². The van der Waals surface area contributed by atoms with Gasteiger partial charge in [-0.1, -0.05) is 0 Å². The fourth-order valence-electron chi connectivity index (χ4n) is 3.50. The highest BCUT2D eigenvalue weighted by atomic mass is 32.1. The summed E-state index contributed by atoms with van der Waals surface area (Å²) >= 11 is 1.47. The predicted octanol–water partition coefficient (Wildman–Crippen LogP) is 2.04. The number of fused-ring (bicyclic) bond motifs is 1. The van der Waals surface area contributed by atoms with Crippen molar-refractivity contribution in [3.8, 4) is 0 Å². The fourth-order valence-corrected chi connectivity index (χ4v) is 4.41. The monoisotopic (exact) mass is 383 g/mol. The number of anilines is 1. The van der Waals surface area contributed by atoms with Crippen molar-refractivity contribution in [2.45, 2.75) is 38.6 Å². The van der Waals surface area contributed by atoms with Gasteiger partial charge >= 0.3 is 0 Å². The average Bonchev–Trinajstić information content (AvgIpc) is 3.27. The molecule has 1 amide bonds. The number of carbonyl (C=O) groups excluding carboxylic acids is 1. The third-order valence-corrected chi connectivity index (χ3v) is 6.43. The number of amides is 1. The summed E-state index contributed by atoms with van der Waals surface area (Å²) in [5, 5.41) is 14.2. The highest BCUT2D eigenvalue weighted by Gasteiger charge is 2.35. The number of rotatable bonds is 4. The van der Waals surface area contributed by atoms with Gasteiger partial charge in [-0.2, -0.15) is 4.52 Å². The van der Waals surface area contributed by atoms with Crippen LogP contribution in [0.4, 0.5) is 5.82 Å². The lowest BCUT2D eigenvalue weighted by molar-refractivity contribution is 0.0709. The minimum absolute atomic E-state index is 0.0565. The molecule has 4 heterocycles. The topological polar surface area (TPSA) is 79.5 Å². The Balaban J connectivity index is 1.30. The van der Waals surface area contributed by atoms with Crippen LogP contribution in [0.15, 0.2) is 12.1 Å². The van der Waals surface area contributed by atoms with Crippen molar-refractivity contribution in [3.05, 3.63) is 33.5 Å². The van der Waals surface area contributed by atoms with Crippen LogP contribution in [-0.4, -0.2) is 61.8 Å². The van der Waals surface area contributed by atoms with E-state index in [9.17, 15) is 4.79 Å². The molecule has 0 spiro atoms. The van der Waals surface area contributed by atoms with Crippen LogP contribution < -0.4 is 4.90 Å². The Bertz CT molecular complexity index is 1030. The van der Waals surface area contributed by atoms with Gasteiger partial charge in [-0.3, -0.25) is 4.79 Å². The van der Waals surface area contributed by atoms with E-state index in [1.807, 2.05) is 42.4 Å². The van der Waals surface area contributed by atoms with Crippen LogP contribution in [-0.2, 0) is 0 Å². The van der Waals surface area contributed by atoms with Crippen molar-refractivity contribution < 1.29 is 4.79 Å². The van der Waals surface area contributed by atoms with Gasteiger partial charge in [-0.05, 0) is 38.8 Å². The molecule has 2 fully saturated rings. The van der Waals surface area contributed by atoms with E-state index in [0.29, 0.717) is 5.92 Å². The number of aryl methyl sites for hydroxylation is 2. The molecule has 0 unspecified atom stereocenters. The van der Waals surface area contributed by atoms with Crippen LogP contribution in [0.1, 0.15) is 45.0 Å². The molecule has 27 heavy (non-hydrogen) atoms. The summed E-state index contributed by atoms with van der Waals surface area (Å²) in [5.74, 6) is 2.43. The highest BCUT2D eigenvalue weighted by Crippen LogP contribution is 2.39. The minimum atomic E-state index is 0.0565. The van der Waals surface area contributed by atoms with Crippen LogP contribution in [0.25, 0.3) is 5.65 Å². The minimum Gasteiger partial charge on any atom is -0.351 e. The number of carbonyl (C=O) groups is 1. The Morgan fingerprint density at radius 2 is 2.00 bits per heavy atom. The first-order chi connectivity index (χ1) is 13.0. The molecule has 5 rings (SSSR count). The second kappa shape index (κ2) is 5.98. The fraction of sp³-hybridized carbons (Fsp3) is 0.500. The number of likely N-dealkylation sites (N-methyl/N-ethyl adjacent to an activating group) is 1. The van der Waals surface area contributed by atoms with Gasteiger partial charge in [0, 0.05) is 26.1 Å². The van der Waals surface area contributed by atoms with E-state index < -0.39 is 0 Å². The zero-order valence-electron chi connectivity index (χ0n) is 15.6. The third-order valence-electron chi connectivity index (χ3n) is 5.37. The van der Waals surface area contributed by atoms with Crippen molar-refractivity contribution in [1.29, 1.82) is 0 Å². The second-order valence-electron chi connectivity index (χ2n) is 7.42. The highest BCUT2D eigenvalue weighted by molar-refractivity contribution is 7.13. The van der Waals surface area contributed by atoms with Crippen LogP contribution in [0.5, 0.6) is 0 Å². The first-order valence-electron chi connectivity index (χ1n) is 9.20. The van der Waals surface area contributed by atoms with E-state index in [2.05, 4.69) is 20.1 Å². The zero-order chi connectivity index (χ0) is 18.7. The molecule has 1 aliphatic carbocycles. The van der Waals surface area contributed by atoms with Gasteiger partial charge in [-0.15, -0.1) is 26.6 Å². The molecule has 2 aliphatic rings. The van der Waals surface area contributed by atoms with E-state index in [4.69, 9.17) is 5.10 Å². The van der Waals surface area contributed by atoms with Crippen molar-refractivity contribution in [2.24, 2.45) is 0 Å². The lowest BCUT2D eigenvalue weighted by atomic mass is 10.1. The van der Waals surface area contributed by atoms with Gasteiger partial charge in [-0.25, -0.2) is 4.98 Å². The van der Waals surface area contributed by atoms with Crippen molar-refractivity contribution in [1.82, 2.24) is 29.7 Å². The van der Waals surface area contributed by atoms with Crippen LogP contribution >= 0.6 is 11.3 Å². The normalized spacial score (nSPS) is 17.4. The molecule has 1 aliphatic heterocycles. The summed E-state index contributed by atoms with van der Waals surface area (Å²) in [6.07, 6.45) is 2.34. The van der Waals surface area contributed by atoms with E-state index in [0.717, 1.165) is 46.0 Å². The van der Waals surface area contributed by atoms with Gasteiger partial charge in [0.15, 0.2) is 11.5 Å². The Hall–Kier alpha value is -2.55. The van der Waals surface area contributed by atoms with E-state index >= 15 is 0 Å². The van der Waals surface area contributed by atoms with Crippen molar-refractivity contribution in [3.63, 3.8) is 0 Å². The quantitative estimate of drug-likeness (QED) is 0.686. The van der Waals surface area contributed by atoms with Crippen LogP contribution in [0.3, 0.4) is 0 Å². The first kappa shape index (κ1) is 16.6. The number of nitrogens with zero attached hydrogens (tertiary/aromatic N) is 7. The Labute approximate surface area is 160 Å². The number of thiazole rings is 1. The molecule has 0 radical (unpaired) electrons. The summed E-state index contributed by atoms with van der Waals surface area (Å²) in [6, 6.07) is 4.13. The van der Waals surface area contributed by atoms with Crippen LogP contribution in [0.2, 0.25) is 0 Å². The molecule has 1 saturated heterocycles. The number of hydrogen-bond donors (Lipinski definition) is 0. The molecular weight excluding hydrogens is 362 g/mol. The Morgan fingerprint density at radius 1 is 1.22 bits per heavy atom. The molecule has 0 aromatic carbocycles. The molecular formula is C18H21N7OS. The van der Waals surface area contributed by atoms with Gasteiger partial charge in [0.2, 0.25) is 0 Å². The molecule has 3 aromatic heterocycles. The van der Waals surface area contributed by atoms with E-state index in [-0.39, 0.29) is 11.9 Å².